The maximum absolute atomic E-state index is 5.85. The molecule has 7 nitrogen and oxygen atoms in total. The average Bonchev–Trinajstić information content (AvgIpc) is 2.72. The summed E-state index contributed by atoms with van der Waals surface area (Å²) in [6.07, 6.45) is 3.26. The molecule has 0 aromatic carbocycles. The Morgan fingerprint density at radius 2 is 1.79 bits per heavy atom. The Labute approximate surface area is 194 Å². The van der Waals surface area contributed by atoms with Gasteiger partial charge in [-0.25, -0.2) is 0 Å². The number of guanidine groups is 1. The smallest absolute Gasteiger partial charge is 0.191 e. The normalized spacial score (nSPS) is 20.3. The van der Waals surface area contributed by atoms with Crippen LogP contribution in [-0.2, 0) is 14.2 Å². The van der Waals surface area contributed by atoms with E-state index in [-0.39, 0.29) is 24.0 Å². The van der Waals surface area contributed by atoms with Crippen molar-refractivity contribution in [3.63, 3.8) is 0 Å². The van der Waals surface area contributed by atoms with E-state index in [1.807, 2.05) is 0 Å². The van der Waals surface area contributed by atoms with Crippen LogP contribution in [0, 0.1) is 11.8 Å². The fraction of sp³-hybridized carbons (Fsp3) is 0.952. The van der Waals surface area contributed by atoms with E-state index in [1.54, 1.807) is 0 Å². The Morgan fingerprint density at radius 1 is 1.10 bits per heavy atom. The summed E-state index contributed by atoms with van der Waals surface area (Å²) in [6.45, 7) is 16.4. The maximum atomic E-state index is 5.85. The first-order chi connectivity index (χ1) is 13.7. The molecule has 172 valence electrons. The van der Waals surface area contributed by atoms with Gasteiger partial charge in [0.1, 0.15) is 0 Å². The van der Waals surface area contributed by atoms with Gasteiger partial charge in [-0.1, -0.05) is 13.8 Å². The lowest BCUT2D eigenvalue weighted by Gasteiger charge is -2.36. The van der Waals surface area contributed by atoms with Crippen LogP contribution in [0.25, 0.3) is 0 Å². The molecule has 2 heterocycles. The van der Waals surface area contributed by atoms with Gasteiger partial charge in [0.25, 0.3) is 0 Å². The van der Waals surface area contributed by atoms with Crippen molar-refractivity contribution < 1.29 is 14.2 Å². The van der Waals surface area contributed by atoms with Gasteiger partial charge in [0.05, 0.1) is 19.8 Å². The van der Waals surface area contributed by atoms with Crippen LogP contribution >= 0.6 is 24.0 Å². The Bertz CT molecular complexity index is 428. The highest BCUT2D eigenvalue weighted by atomic mass is 127. The number of hydrogen-bond donors (Lipinski definition) is 2. The molecular formula is C21H43IN4O3. The zero-order valence-electron chi connectivity index (χ0n) is 18.7. The average molecular weight is 527 g/mol. The zero-order valence-corrected chi connectivity index (χ0v) is 21.0. The summed E-state index contributed by atoms with van der Waals surface area (Å²) in [4.78, 5) is 7.38. The summed E-state index contributed by atoms with van der Waals surface area (Å²) in [6, 6.07) is 0.460. The van der Waals surface area contributed by atoms with Crippen LogP contribution in [-0.4, -0.2) is 89.3 Å². The van der Waals surface area contributed by atoms with Gasteiger partial charge in [-0.15, -0.1) is 24.0 Å². The molecule has 0 aromatic heterocycles. The number of nitrogens with zero attached hydrogens (tertiary/aromatic N) is 2. The molecule has 2 aliphatic heterocycles. The summed E-state index contributed by atoms with van der Waals surface area (Å²) in [5.74, 6) is 2.16. The Morgan fingerprint density at radius 3 is 2.45 bits per heavy atom. The SMILES string of the molecule is CCNC(=NCC(C(C)C)N1CCOCC1)NCCCOCC1CCOCC1.I. The third-order valence-corrected chi connectivity index (χ3v) is 5.52. The fourth-order valence-electron chi connectivity index (χ4n) is 3.73. The van der Waals surface area contributed by atoms with Crippen LogP contribution in [0.1, 0.15) is 40.0 Å². The molecule has 1 atom stereocenters. The van der Waals surface area contributed by atoms with E-state index in [4.69, 9.17) is 19.2 Å². The van der Waals surface area contributed by atoms with E-state index in [0.29, 0.717) is 17.9 Å². The van der Waals surface area contributed by atoms with Crippen molar-refractivity contribution in [1.29, 1.82) is 0 Å². The molecule has 29 heavy (non-hydrogen) atoms. The maximum Gasteiger partial charge on any atom is 0.191 e. The standard InChI is InChI=1S/C21H42N4O3.HI/c1-4-22-21(23-8-5-11-28-17-19-6-12-26-13-7-19)24-16-20(18(2)3)25-9-14-27-15-10-25;/h18-20H,4-17H2,1-3H3,(H2,22,23,24);1H. The number of aliphatic imine (C=N–C) groups is 1. The summed E-state index contributed by atoms with van der Waals surface area (Å²) in [7, 11) is 0. The quantitative estimate of drug-likeness (QED) is 0.187. The van der Waals surface area contributed by atoms with E-state index in [9.17, 15) is 0 Å². The van der Waals surface area contributed by atoms with Crippen molar-refractivity contribution in [3.05, 3.63) is 0 Å². The lowest BCUT2D eigenvalue weighted by Crippen LogP contribution is -2.48. The van der Waals surface area contributed by atoms with Crippen LogP contribution in [0.3, 0.4) is 0 Å². The molecule has 0 radical (unpaired) electrons. The topological polar surface area (TPSA) is 67.4 Å². The molecule has 2 aliphatic rings. The second kappa shape index (κ2) is 16.5. The molecule has 0 bridgehead atoms. The minimum atomic E-state index is 0. The van der Waals surface area contributed by atoms with Gasteiger partial charge in [-0.2, -0.15) is 0 Å². The van der Waals surface area contributed by atoms with E-state index < -0.39 is 0 Å². The van der Waals surface area contributed by atoms with Crippen molar-refractivity contribution in [2.45, 2.75) is 46.1 Å². The van der Waals surface area contributed by atoms with Crippen LogP contribution < -0.4 is 10.6 Å². The van der Waals surface area contributed by atoms with Gasteiger partial charge in [-0.3, -0.25) is 9.89 Å². The second-order valence-electron chi connectivity index (χ2n) is 8.09. The molecular weight excluding hydrogens is 483 g/mol. The van der Waals surface area contributed by atoms with Crippen LogP contribution in [0.15, 0.2) is 4.99 Å². The van der Waals surface area contributed by atoms with Gasteiger partial charge in [0, 0.05) is 58.6 Å². The summed E-state index contributed by atoms with van der Waals surface area (Å²) < 4.78 is 16.7. The lowest BCUT2D eigenvalue weighted by molar-refractivity contribution is 0.00867. The molecule has 0 saturated carbocycles. The highest BCUT2D eigenvalue weighted by molar-refractivity contribution is 14.0. The van der Waals surface area contributed by atoms with Gasteiger partial charge >= 0.3 is 0 Å². The number of rotatable bonds is 11. The first-order valence-corrected chi connectivity index (χ1v) is 11.2. The van der Waals surface area contributed by atoms with Crippen LogP contribution in [0.5, 0.6) is 0 Å². The number of morpholine rings is 1. The third kappa shape index (κ3) is 11.1. The highest BCUT2D eigenvalue weighted by Crippen LogP contribution is 2.15. The second-order valence-corrected chi connectivity index (χ2v) is 8.09. The molecule has 0 aliphatic carbocycles. The first kappa shape index (κ1) is 26.9. The van der Waals surface area contributed by atoms with Crippen molar-refractivity contribution >= 4 is 29.9 Å². The van der Waals surface area contributed by atoms with Gasteiger partial charge < -0.3 is 24.8 Å². The zero-order chi connectivity index (χ0) is 20.0. The number of hydrogen-bond acceptors (Lipinski definition) is 5. The van der Waals surface area contributed by atoms with Crippen molar-refractivity contribution in [3.8, 4) is 0 Å². The highest BCUT2D eigenvalue weighted by Gasteiger charge is 2.23. The lowest BCUT2D eigenvalue weighted by atomic mass is 10.0. The van der Waals surface area contributed by atoms with Crippen LogP contribution in [0.4, 0.5) is 0 Å². The Kier molecular flexibility index (Phi) is 15.3. The molecule has 0 amide bonds. The molecule has 2 fully saturated rings. The predicted molar refractivity (Wildman–Crippen MR) is 129 cm³/mol. The van der Waals surface area contributed by atoms with Crippen molar-refractivity contribution in [1.82, 2.24) is 15.5 Å². The fourth-order valence-corrected chi connectivity index (χ4v) is 3.73. The molecule has 2 saturated heterocycles. The van der Waals surface area contributed by atoms with E-state index in [0.717, 1.165) is 97.6 Å². The van der Waals surface area contributed by atoms with Crippen molar-refractivity contribution in [2.24, 2.45) is 16.8 Å². The van der Waals surface area contributed by atoms with E-state index in [1.165, 1.54) is 0 Å². The molecule has 0 aromatic rings. The summed E-state index contributed by atoms with van der Waals surface area (Å²) >= 11 is 0. The molecule has 8 heteroatoms. The molecule has 2 N–H and O–H groups in total. The monoisotopic (exact) mass is 526 g/mol. The minimum absolute atomic E-state index is 0. The van der Waals surface area contributed by atoms with Crippen LogP contribution in [0.2, 0.25) is 0 Å². The van der Waals surface area contributed by atoms with Gasteiger partial charge in [-0.05, 0) is 38.0 Å². The Balaban J connectivity index is 0.00000420. The number of ether oxygens (including phenoxy) is 3. The van der Waals surface area contributed by atoms with E-state index >= 15 is 0 Å². The Hall–Kier alpha value is -0.160. The molecule has 1 unspecified atom stereocenters. The van der Waals surface area contributed by atoms with Gasteiger partial charge in [0.15, 0.2) is 5.96 Å². The minimum Gasteiger partial charge on any atom is -0.381 e. The summed E-state index contributed by atoms with van der Waals surface area (Å²) in [5, 5.41) is 6.82. The first-order valence-electron chi connectivity index (χ1n) is 11.2. The van der Waals surface area contributed by atoms with E-state index in [2.05, 4.69) is 36.3 Å². The van der Waals surface area contributed by atoms with Gasteiger partial charge in [0.2, 0.25) is 0 Å². The largest absolute Gasteiger partial charge is 0.381 e. The number of halogens is 1. The molecule has 0 spiro atoms. The molecule has 2 rings (SSSR count). The summed E-state index contributed by atoms with van der Waals surface area (Å²) in [5.41, 5.74) is 0. The predicted octanol–water partition coefficient (Wildman–Crippen LogP) is 2.35. The third-order valence-electron chi connectivity index (χ3n) is 5.52. The van der Waals surface area contributed by atoms with Crippen molar-refractivity contribution in [2.75, 3.05) is 72.4 Å². The number of nitrogens with one attached hydrogen (secondary N) is 2.